The summed E-state index contributed by atoms with van der Waals surface area (Å²) < 4.78 is 23.5. The van der Waals surface area contributed by atoms with E-state index in [1.807, 2.05) is 0 Å². The minimum Gasteiger partial charge on any atom is -0.462 e. The maximum Gasteiger partial charge on any atom is 0.312 e. The van der Waals surface area contributed by atoms with Crippen LogP contribution in [0.1, 0.15) is 40.5 Å². The Hall–Kier alpha value is -1.94. The van der Waals surface area contributed by atoms with Gasteiger partial charge < -0.3 is 29.2 Å². The Morgan fingerprint density at radius 1 is 1.18 bits per heavy atom. The van der Waals surface area contributed by atoms with Crippen molar-refractivity contribution in [1.29, 1.82) is 0 Å². The van der Waals surface area contributed by atoms with E-state index in [2.05, 4.69) is 13.2 Å². The van der Waals surface area contributed by atoms with Crippen LogP contribution in [-0.4, -0.2) is 75.7 Å². The van der Waals surface area contributed by atoms with E-state index in [4.69, 9.17) is 30.5 Å². The number of aliphatic hydroxyl groups is 2. The molecule has 2 bridgehead atoms. The molecule has 188 valence electrons. The number of carbonyl (C=O) groups excluding carboxylic acids is 3. The van der Waals surface area contributed by atoms with Crippen LogP contribution in [-0.2, 0) is 33.3 Å². The average molecular weight is 499 g/mol. The van der Waals surface area contributed by atoms with Crippen LogP contribution in [0.4, 0.5) is 0 Å². The van der Waals surface area contributed by atoms with Crippen molar-refractivity contribution in [2.45, 2.75) is 88.1 Å². The molecule has 0 aromatic rings. The fraction of sp³-hybridized carbons (Fsp3) is 0.708. The molecule has 9 nitrogen and oxygen atoms in total. The third-order valence-electron chi connectivity index (χ3n) is 8.19. The normalized spacial score (nSPS) is 48.1. The molecule has 4 aliphatic rings. The third kappa shape index (κ3) is 3.27. The van der Waals surface area contributed by atoms with Crippen LogP contribution in [0.3, 0.4) is 0 Å². The Balaban J connectivity index is 2.01. The molecule has 4 rings (SSSR count). The van der Waals surface area contributed by atoms with Gasteiger partial charge in [0.15, 0.2) is 11.7 Å². The van der Waals surface area contributed by atoms with E-state index in [0.29, 0.717) is 18.4 Å². The van der Waals surface area contributed by atoms with E-state index in [9.17, 15) is 24.6 Å². The Kier molecular flexibility index (Phi) is 6.16. The van der Waals surface area contributed by atoms with E-state index in [-0.39, 0.29) is 5.57 Å². The number of hydrogen-bond donors (Lipinski definition) is 2. The largest absolute Gasteiger partial charge is 0.462 e. The van der Waals surface area contributed by atoms with Gasteiger partial charge in [-0.1, -0.05) is 25.7 Å². The molecule has 4 fully saturated rings. The van der Waals surface area contributed by atoms with Crippen molar-refractivity contribution < 1.29 is 43.5 Å². The zero-order valence-electron chi connectivity index (χ0n) is 19.7. The Bertz CT molecular complexity index is 949. The van der Waals surface area contributed by atoms with Crippen LogP contribution in [0.25, 0.3) is 0 Å². The van der Waals surface area contributed by atoms with Gasteiger partial charge in [-0.2, -0.15) is 0 Å². The minimum absolute atomic E-state index is 0.220. The van der Waals surface area contributed by atoms with Crippen molar-refractivity contribution in [3.63, 3.8) is 0 Å². The predicted molar refractivity (Wildman–Crippen MR) is 119 cm³/mol. The monoisotopic (exact) mass is 498 g/mol. The van der Waals surface area contributed by atoms with Crippen LogP contribution in [0, 0.1) is 17.3 Å². The first-order valence-electron chi connectivity index (χ1n) is 11.4. The van der Waals surface area contributed by atoms with Crippen LogP contribution in [0.5, 0.6) is 0 Å². The molecule has 0 aromatic heterocycles. The van der Waals surface area contributed by atoms with Gasteiger partial charge in [0.2, 0.25) is 0 Å². The van der Waals surface area contributed by atoms with Gasteiger partial charge in [-0.3, -0.25) is 14.4 Å². The molecular formula is C24H31ClO9. The zero-order chi connectivity index (χ0) is 25.3. The number of fused-ring (bicyclic) bond motifs is 2. The van der Waals surface area contributed by atoms with Crippen LogP contribution in [0.15, 0.2) is 24.3 Å². The van der Waals surface area contributed by atoms with Crippen LogP contribution in [0.2, 0.25) is 0 Å². The molecule has 1 spiro atoms. The highest BCUT2D eigenvalue weighted by Gasteiger charge is 2.74. The number of halogens is 1. The van der Waals surface area contributed by atoms with Crippen molar-refractivity contribution in [3.05, 3.63) is 24.3 Å². The van der Waals surface area contributed by atoms with Gasteiger partial charge in [-0.25, -0.2) is 0 Å². The predicted octanol–water partition coefficient (Wildman–Crippen LogP) is 1.42. The number of ether oxygens (including phenoxy) is 4. The summed E-state index contributed by atoms with van der Waals surface area (Å²) >= 11 is 6.70. The average Bonchev–Trinajstić information content (AvgIpc) is 3.01. The zero-order valence-corrected chi connectivity index (χ0v) is 20.4. The molecular weight excluding hydrogens is 468 g/mol. The highest BCUT2D eigenvalue weighted by molar-refractivity contribution is 6.23. The van der Waals surface area contributed by atoms with Gasteiger partial charge in [-0.05, 0) is 25.3 Å². The van der Waals surface area contributed by atoms with Gasteiger partial charge >= 0.3 is 17.9 Å². The summed E-state index contributed by atoms with van der Waals surface area (Å²) in [5, 5.41) is 22.0. The van der Waals surface area contributed by atoms with Crippen molar-refractivity contribution in [2.24, 2.45) is 17.3 Å². The number of hydrogen-bond acceptors (Lipinski definition) is 9. The molecule has 2 N–H and O–H groups in total. The summed E-state index contributed by atoms with van der Waals surface area (Å²) in [5.41, 5.74) is -2.14. The van der Waals surface area contributed by atoms with E-state index >= 15 is 0 Å². The standard InChI is InChI=1S/C24H31ClO9/c1-9-7-8-14(31-12(4)26)23(6)15(9)20(32-13(5)27)24-11(3)22(30)33-21(24)16(25)10(2)18(34-24)17(28)19(23)29/h11,14-21,28-29H,1-2,7-8H2,3-6H3/t11-,14-,15+,16-,17+,18+,19-,20-,21-,23-,24+/m0/s1. The highest BCUT2D eigenvalue weighted by atomic mass is 35.5. The van der Waals surface area contributed by atoms with E-state index in [1.54, 1.807) is 13.8 Å². The topological polar surface area (TPSA) is 129 Å². The van der Waals surface area contributed by atoms with E-state index in [0.717, 1.165) is 0 Å². The summed E-state index contributed by atoms with van der Waals surface area (Å²) in [6, 6.07) is 0. The molecule has 0 amide bonds. The SMILES string of the molecule is C=C1CC[C@H](OC(C)=O)[C@@]2(C)[C@H]1[C@H](OC(C)=O)[C@@]13O[C@H](C(=C)[C@H](Cl)[C@@H]1OC(=O)[C@@H]3C)[C@@H](O)[C@@H]2O. The summed E-state index contributed by atoms with van der Waals surface area (Å²) in [5.74, 6) is -3.62. The van der Waals surface area contributed by atoms with Crippen LogP contribution < -0.4 is 0 Å². The van der Waals surface area contributed by atoms with Crippen molar-refractivity contribution in [3.8, 4) is 0 Å². The second-order valence-corrected chi connectivity index (χ2v) is 10.5. The quantitative estimate of drug-likeness (QED) is 0.251. The van der Waals surface area contributed by atoms with Gasteiger partial charge in [0, 0.05) is 25.2 Å². The fourth-order valence-electron chi connectivity index (χ4n) is 6.48. The first-order valence-corrected chi connectivity index (χ1v) is 11.8. The number of aliphatic hydroxyl groups excluding tert-OH is 2. The van der Waals surface area contributed by atoms with Crippen LogP contribution >= 0.6 is 11.6 Å². The Labute approximate surface area is 203 Å². The lowest BCUT2D eigenvalue weighted by Gasteiger charge is -2.61. The first kappa shape index (κ1) is 25.2. The van der Waals surface area contributed by atoms with E-state index in [1.165, 1.54) is 13.8 Å². The maximum absolute atomic E-state index is 12.9. The van der Waals surface area contributed by atoms with Crippen molar-refractivity contribution >= 4 is 29.5 Å². The molecule has 34 heavy (non-hydrogen) atoms. The van der Waals surface area contributed by atoms with Crippen molar-refractivity contribution in [1.82, 2.24) is 0 Å². The molecule has 1 aliphatic carbocycles. The number of carbonyl (C=O) groups is 3. The third-order valence-corrected chi connectivity index (χ3v) is 8.69. The lowest BCUT2D eigenvalue weighted by molar-refractivity contribution is -0.290. The molecule has 0 radical (unpaired) electrons. The number of rotatable bonds is 2. The first-order chi connectivity index (χ1) is 15.8. The molecule has 11 atom stereocenters. The number of alkyl halides is 1. The van der Waals surface area contributed by atoms with Gasteiger partial charge in [-0.15, -0.1) is 11.6 Å². The summed E-state index contributed by atoms with van der Waals surface area (Å²) in [4.78, 5) is 37.2. The lowest BCUT2D eigenvalue weighted by Crippen LogP contribution is -2.74. The fourth-order valence-corrected chi connectivity index (χ4v) is 6.85. The molecule has 1 saturated carbocycles. The molecule has 3 heterocycles. The van der Waals surface area contributed by atoms with Gasteiger partial charge in [0.25, 0.3) is 0 Å². The summed E-state index contributed by atoms with van der Waals surface area (Å²) in [7, 11) is 0. The van der Waals surface area contributed by atoms with E-state index < -0.39 is 82.8 Å². The molecule has 3 saturated heterocycles. The Morgan fingerprint density at radius 3 is 2.38 bits per heavy atom. The second-order valence-electron chi connectivity index (χ2n) is 10.1. The highest BCUT2D eigenvalue weighted by Crippen LogP contribution is 2.60. The minimum atomic E-state index is -1.60. The van der Waals surface area contributed by atoms with Crippen molar-refractivity contribution in [2.75, 3.05) is 0 Å². The smallest absolute Gasteiger partial charge is 0.312 e. The molecule has 10 heteroatoms. The summed E-state index contributed by atoms with van der Waals surface area (Å²) in [6.45, 7) is 13.9. The molecule has 0 aromatic carbocycles. The molecule has 0 unspecified atom stereocenters. The van der Waals surface area contributed by atoms with Gasteiger partial charge in [0.1, 0.15) is 24.4 Å². The Morgan fingerprint density at radius 2 is 1.79 bits per heavy atom. The molecule has 3 aliphatic heterocycles. The maximum atomic E-state index is 12.9. The second kappa shape index (κ2) is 8.33. The summed E-state index contributed by atoms with van der Waals surface area (Å²) in [6.07, 6.45) is -6.62. The lowest BCUT2D eigenvalue weighted by atomic mass is 9.53. The van der Waals surface area contributed by atoms with Gasteiger partial charge in [0.05, 0.1) is 17.4 Å². The number of esters is 3.